The fourth-order valence-corrected chi connectivity index (χ4v) is 2.54. The molecule has 0 radical (unpaired) electrons. The van der Waals surface area contributed by atoms with Crippen LogP contribution in [0.25, 0.3) is 11.0 Å². The minimum atomic E-state index is -0.244. The van der Waals surface area contributed by atoms with Crippen LogP contribution in [0, 0.1) is 0 Å². The topological polar surface area (TPSA) is 81.9 Å². The van der Waals surface area contributed by atoms with Crippen molar-refractivity contribution in [3.63, 3.8) is 0 Å². The van der Waals surface area contributed by atoms with E-state index in [1.54, 1.807) is 23.1 Å². The maximum Gasteiger partial charge on any atom is 0.246 e. The van der Waals surface area contributed by atoms with Crippen molar-refractivity contribution in [3.05, 3.63) is 73.1 Å². The number of nitrogens with one attached hydrogen (secondary N) is 1. The summed E-state index contributed by atoms with van der Waals surface area (Å²) in [6.45, 7) is 0.0418. The number of carbonyl (C=O) groups excluding carboxylic acids is 1. The van der Waals surface area contributed by atoms with Gasteiger partial charge >= 0.3 is 0 Å². The minimum absolute atomic E-state index is 0.0418. The first kappa shape index (κ1) is 15.8. The van der Waals surface area contributed by atoms with Gasteiger partial charge in [-0.25, -0.2) is 4.68 Å². The average Bonchev–Trinajstić information content (AvgIpc) is 3.07. The number of rotatable bonds is 5. The normalized spacial score (nSPS) is 10.6. The summed E-state index contributed by atoms with van der Waals surface area (Å²) in [4.78, 5) is 16.5. The Hall–Kier alpha value is -3.74. The fraction of sp³-hybridized carbons (Fsp3) is 0.0526. The lowest BCUT2D eigenvalue weighted by Gasteiger charge is -2.11. The van der Waals surface area contributed by atoms with Crippen molar-refractivity contribution in [2.45, 2.75) is 6.54 Å². The summed E-state index contributed by atoms with van der Waals surface area (Å²) >= 11 is 0. The molecular weight excluding hydrogens is 330 g/mol. The minimum Gasteiger partial charge on any atom is -0.455 e. The van der Waals surface area contributed by atoms with Crippen molar-refractivity contribution in [2.24, 2.45) is 0 Å². The predicted molar refractivity (Wildman–Crippen MR) is 96.9 cm³/mol. The quantitative estimate of drug-likeness (QED) is 0.600. The third-order valence-electron chi connectivity index (χ3n) is 3.74. The van der Waals surface area contributed by atoms with Crippen LogP contribution in [0.3, 0.4) is 0 Å². The molecule has 0 bridgehead atoms. The number of benzene rings is 2. The Balaban J connectivity index is 1.51. The van der Waals surface area contributed by atoms with Crippen LogP contribution in [-0.2, 0) is 11.3 Å². The van der Waals surface area contributed by atoms with E-state index in [2.05, 4.69) is 20.6 Å². The van der Waals surface area contributed by atoms with Gasteiger partial charge in [-0.15, -0.1) is 5.10 Å². The van der Waals surface area contributed by atoms with Crippen LogP contribution >= 0.6 is 0 Å². The Morgan fingerprint density at radius 3 is 2.73 bits per heavy atom. The molecule has 0 aliphatic rings. The van der Waals surface area contributed by atoms with Gasteiger partial charge in [0.15, 0.2) is 5.75 Å². The number of carbonyl (C=O) groups is 1. The Bertz CT molecular complexity index is 1050. The van der Waals surface area contributed by atoms with Gasteiger partial charge in [0.2, 0.25) is 5.91 Å². The molecule has 2 heterocycles. The molecule has 0 saturated carbocycles. The SMILES string of the molecule is O=C(Cn1nnc2ccccc21)Nc1cnccc1Oc1ccccc1. The van der Waals surface area contributed by atoms with E-state index in [0.29, 0.717) is 17.2 Å². The van der Waals surface area contributed by atoms with Gasteiger partial charge in [-0.3, -0.25) is 9.78 Å². The van der Waals surface area contributed by atoms with E-state index in [1.165, 1.54) is 0 Å². The Kier molecular flexibility index (Phi) is 4.26. The number of anilines is 1. The lowest BCUT2D eigenvalue weighted by molar-refractivity contribution is -0.116. The second-order valence-electron chi connectivity index (χ2n) is 5.57. The van der Waals surface area contributed by atoms with Gasteiger partial charge in [-0.05, 0) is 24.3 Å². The lowest BCUT2D eigenvalue weighted by Crippen LogP contribution is -2.20. The van der Waals surface area contributed by atoms with Gasteiger partial charge in [-0.1, -0.05) is 35.5 Å². The lowest BCUT2D eigenvalue weighted by atomic mass is 10.3. The van der Waals surface area contributed by atoms with E-state index in [9.17, 15) is 4.79 Å². The molecule has 0 spiro atoms. The second-order valence-corrected chi connectivity index (χ2v) is 5.57. The zero-order valence-electron chi connectivity index (χ0n) is 13.7. The van der Waals surface area contributed by atoms with Crippen LogP contribution < -0.4 is 10.1 Å². The van der Waals surface area contributed by atoms with Crippen LogP contribution in [0.2, 0.25) is 0 Å². The van der Waals surface area contributed by atoms with Crippen molar-refractivity contribution in [1.29, 1.82) is 0 Å². The third kappa shape index (κ3) is 3.36. The number of hydrogen-bond donors (Lipinski definition) is 1. The van der Waals surface area contributed by atoms with Crippen molar-refractivity contribution in [2.75, 3.05) is 5.32 Å². The molecule has 0 aliphatic carbocycles. The summed E-state index contributed by atoms with van der Waals surface area (Å²) in [5.41, 5.74) is 2.04. The summed E-state index contributed by atoms with van der Waals surface area (Å²) in [7, 11) is 0. The number of aromatic nitrogens is 4. The number of fused-ring (bicyclic) bond motifs is 1. The van der Waals surface area contributed by atoms with E-state index in [1.807, 2.05) is 54.6 Å². The number of hydrogen-bond acceptors (Lipinski definition) is 5. The summed E-state index contributed by atoms with van der Waals surface area (Å²) < 4.78 is 7.38. The first-order chi connectivity index (χ1) is 12.8. The highest BCUT2D eigenvalue weighted by molar-refractivity contribution is 5.92. The van der Waals surface area contributed by atoms with E-state index >= 15 is 0 Å². The first-order valence-corrected chi connectivity index (χ1v) is 8.04. The highest BCUT2D eigenvalue weighted by atomic mass is 16.5. The number of nitrogens with zero attached hydrogens (tertiary/aromatic N) is 4. The van der Waals surface area contributed by atoms with Crippen molar-refractivity contribution in [1.82, 2.24) is 20.0 Å². The van der Waals surface area contributed by atoms with Gasteiger partial charge < -0.3 is 10.1 Å². The van der Waals surface area contributed by atoms with Crippen LogP contribution in [0.15, 0.2) is 73.1 Å². The molecule has 26 heavy (non-hydrogen) atoms. The first-order valence-electron chi connectivity index (χ1n) is 8.04. The number of pyridine rings is 1. The van der Waals surface area contributed by atoms with Gasteiger partial charge in [0.05, 0.1) is 11.7 Å². The molecule has 4 rings (SSSR count). The molecular formula is C19H15N5O2. The molecule has 2 aromatic carbocycles. The third-order valence-corrected chi connectivity index (χ3v) is 3.74. The maximum atomic E-state index is 12.4. The summed E-state index contributed by atoms with van der Waals surface area (Å²) in [5, 5.41) is 10.9. The molecule has 0 atom stereocenters. The van der Waals surface area contributed by atoms with E-state index in [-0.39, 0.29) is 12.5 Å². The van der Waals surface area contributed by atoms with Crippen LogP contribution in [0.1, 0.15) is 0 Å². The average molecular weight is 345 g/mol. The maximum absolute atomic E-state index is 12.4. The van der Waals surface area contributed by atoms with Gasteiger partial charge in [0, 0.05) is 12.3 Å². The highest BCUT2D eigenvalue weighted by Crippen LogP contribution is 2.28. The molecule has 0 unspecified atom stereocenters. The monoisotopic (exact) mass is 345 g/mol. The fourth-order valence-electron chi connectivity index (χ4n) is 2.54. The van der Waals surface area contributed by atoms with E-state index in [4.69, 9.17) is 4.74 Å². The van der Waals surface area contributed by atoms with Crippen molar-refractivity contribution < 1.29 is 9.53 Å². The molecule has 0 saturated heterocycles. The second kappa shape index (κ2) is 7.02. The molecule has 7 heteroatoms. The largest absolute Gasteiger partial charge is 0.455 e. The van der Waals surface area contributed by atoms with Crippen molar-refractivity contribution >= 4 is 22.6 Å². The van der Waals surface area contributed by atoms with Gasteiger partial charge in [0.25, 0.3) is 0 Å². The summed E-state index contributed by atoms with van der Waals surface area (Å²) in [6, 6.07) is 18.5. The van der Waals surface area contributed by atoms with E-state index < -0.39 is 0 Å². The molecule has 7 nitrogen and oxygen atoms in total. The van der Waals surface area contributed by atoms with Crippen LogP contribution in [-0.4, -0.2) is 25.9 Å². The van der Waals surface area contributed by atoms with Crippen LogP contribution in [0.5, 0.6) is 11.5 Å². The number of para-hydroxylation sites is 2. The molecule has 2 aromatic heterocycles. The zero-order valence-corrected chi connectivity index (χ0v) is 13.7. The Labute approximate surface area is 149 Å². The van der Waals surface area contributed by atoms with Gasteiger partial charge in [0.1, 0.15) is 23.5 Å². The Morgan fingerprint density at radius 1 is 1.04 bits per heavy atom. The predicted octanol–water partition coefficient (Wildman–Crippen LogP) is 3.26. The smallest absolute Gasteiger partial charge is 0.246 e. The molecule has 1 amide bonds. The van der Waals surface area contributed by atoms with Gasteiger partial charge in [-0.2, -0.15) is 0 Å². The number of amides is 1. The Morgan fingerprint density at radius 2 is 1.85 bits per heavy atom. The summed E-state index contributed by atoms with van der Waals surface area (Å²) in [5.74, 6) is 0.950. The molecule has 0 fully saturated rings. The molecule has 0 aliphatic heterocycles. The van der Waals surface area contributed by atoms with E-state index in [0.717, 1.165) is 11.0 Å². The highest BCUT2D eigenvalue weighted by Gasteiger charge is 2.12. The standard InChI is InChI=1S/C19H15N5O2/c25-19(13-24-17-9-5-4-8-15(17)22-23-24)21-16-12-20-11-10-18(16)26-14-6-2-1-3-7-14/h1-12H,13H2,(H,21,25). The van der Waals surface area contributed by atoms with Crippen molar-refractivity contribution in [3.8, 4) is 11.5 Å². The number of ether oxygens (including phenoxy) is 1. The zero-order chi connectivity index (χ0) is 17.8. The molecule has 4 aromatic rings. The molecule has 1 N–H and O–H groups in total. The molecule has 128 valence electrons. The van der Waals surface area contributed by atoms with Crippen LogP contribution in [0.4, 0.5) is 5.69 Å². The summed E-state index contributed by atoms with van der Waals surface area (Å²) in [6.07, 6.45) is 3.16.